The van der Waals surface area contributed by atoms with Gasteiger partial charge in [-0.15, -0.1) is 0 Å². The molecule has 0 fully saturated rings. The molecule has 1 atom stereocenters. The van der Waals surface area contributed by atoms with E-state index in [-0.39, 0.29) is 0 Å². The van der Waals surface area contributed by atoms with Crippen LogP contribution in [0.3, 0.4) is 0 Å². The lowest BCUT2D eigenvalue weighted by atomic mass is 10.2. The first-order valence-corrected chi connectivity index (χ1v) is 7.75. The minimum atomic E-state index is 0.320. The molecule has 0 amide bonds. The number of nitrogens with zero attached hydrogens (tertiary/aromatic N) is 1. The minimum Gasteiger partial charge on any atom is -0.492 e. The Kier molecular flexibility index (Phi) is 5.88. The van der Waals surface area contributed by atoms with Crippen molar-refractivity contribution in [3.05, 3.63) is 53.9 Å². The van der Waals surface area contributed by atoms with Crippen LogP contribution in [0.4, 0.5) is 0 Å². The molecule has 1 heterocycles. The molecule has 1 aromatic heterocycles. The summed E-state index contributed by atoms with van der Waals surface area (Å²) in [7, 11) is 0. The van der Waals surface area contributed by atoms with Crippen LogP contribution in [0, 0.1) is 6.92 Å². The van der Waals surface area contributed by atoms with Gasteiger partial charge in [-0.2, -0.15) is 0 Å². The fourth-order valence-corrected chi connectivity index (χ4v) is 2.20. The van der Waals surface area contributed by atoms with Crippen molar-refractivity contribution >= 4 is 0 Å². The molecule has 0 saturated carbocycles. The van der Waals surface area contributed by atoms with Gasteiger partial charge < -0.3 is 14.6 Å². The topological polar surface area (TPSA) is 26.2 Å². The summed E-state index contributed by atoms with van der Waals surface area (Å²) in [6.45, 7) is 9.08. The van der Waals surface area contributed by atoms with Gasteiger partial charge in [-0.1, -0.05) is 24.6 Å². The summed E-state index contributed by atoms with van der Waals surface area (Å²) in [5, 5.41) is 3.50. The summed E-state index contributed by atoms with van der Waals surface area (Å²) in [5.41, 5.74) is 2.58. The molecular formula is C18H26N2O. The summed E-state index contributed by atoms with van der Waals surface area (Å²) in [6, 6.07) is 10.7. The smallest absolute Gasteiger partial charge is 0.119 e. The largest absolute Gasteiger partial charge is 0.492 e. The second-order valence-corrected chi connectivity index (χ2v) is 5.66. The van der Waals surface area contributed by atoms with Crippen molar-refractivity contribution < 1.29 is 4.74 Å². The molecule has 21 heavy (non-hydrogen) atoms. The first kappa shape index (κ1) is 15.6. The zero-order chi connectivity index (χ0) is 15.1. The van der Waals surface area contributed by atoms with Crippen molar-refractivity contribution in [2.45, 2.75) is 46.3 Å². The van der Waals surface area contributed by atoms with E-state index in [1.165, 1.54) is 17.5 Å². The number of benzene rings is 1. The van der Waals surface area contributed by atoms with E-state index in [0.717, 1.165) is 18.8 Å². The third kappa shape index (κ3) is 5.27. The van der Waals surface area contributed by atoms with Crippen molar-refractivity contribution in [2.75, 3.05) is 6.61 Å². The third-order valence-corrected chi connectivity index (χ3v) is 3.47. The van der Waals surface area contributed by atoms with Gasteiger partial charge in [0.1, 0.15) is 12.4 Å². The predicted molar refractivity (Wildman–Crippen MR) is 87.7 cm³/mol. The maximum atomic E-state index is 5.79. The normalized spacial score (nSPS) is 12.3. The van der Waals surface area contributed by atoms with Gasteiger partial charge in [0, 0.05) is 31.5 Å². The lowest BCUT2D eigenvalue weighted by Gasteiger charge is -2.14. The van der Waals surface area contributed by atoms with Crippen LogP contribution in [0.15, 0.2) is 42.7 Å². The molecule has 0 spiro atoms. The van der Waals surface area contributed by atoms with Gasteiger partial charge >= 0.3 is 0 Å². The van der Waals surface area contributed by atoms with Crippen LogP contribution < -0.4 is 10.1 Å². The van der Waals surface area contributed by atoms with Crippen molar-refractivity contribution in [3.63, 3.8) is 0 Å². The van der Waals surface area contributed by atoms with E-state index in [2.05, 4.69) is 61.2 Å². The number of aromatic nitrogens is 1. The van der Waals surface area contributed by atoms with E-state index >= 15 is 0 Å². The van der Waals surface area contributed by atoms with Crippen LogP contribution in [-0.2, 0) is 13.1 Å². The number of nitrogens with one attached hydrogen (secondary N) is 1. The molecule has 1 N–H and O–H groups in total. The van der Waals surface area contributed by atoms with Crippen molar-refractivity contribution in [3.8, 4) is 5.75 Å². The second-order valence-electron chi connectivity index (χ2n) is 5.66. The first-order valence-electron chi connectivity index (χ1n) is 7.75. The zero-order valence-corrected chi connectivity index (χ0v) is 13.3. The molecule has 1 aromatic carbocycles. The molecule has 0 aliphatic heterocycles. The van der Waals surface area contributed by atoms with Gasteiger partial charge in [-0.05, 0) is 44.0 Å². The highest BCUT2D eigenvalue weighted by Gasteiger charge is 2.04. The second kappa shape index (κ2) is 7.89. The van der Waals surface area contributed by atoms with E-state index in [0.29, 0.717) is 12.6 Å². The van der Waals surface area contributed by atoms with E-state index in [1.54, 1.807) is 0 Å². The SMILES string of the molecule is CCCn1ccc(CNC(C)COc2ccc(C)cc2)c1. The summed E-state index contributed by atoms with van der Waals surface area (Å²) >= 11 is 0. The Morgan fingerprint density at radius 2 is 1.95 bits per heavy atom. The molecule has 2 aromatic rings. The van der Waals surface area contributed by atoms with Crippen molar-refractivity contribution in [1.29, 1.82) is 0 Å². The van der Waals surface area contributed by atoms with Gasteiger partial charge in [0.25, 0.3) is 0 Å². The minimum absolute atomic E-state index is 0.320. The van der Waals surface area contributed by atoms with E-state index < -0.39 is 0 Å². The molecule has 1 unspecified atom stereocenters. The Balaban J connectivity index is 1.71. The maximum absolute atomic E-state index is 5.79. The molecule has 3 heteroatoms. The summed E-state index contributed by atoms with van der Waals surface area (Å²) in [4.78, 5) is 0. The quantitative estimate of drug-likeness (QED) is 0.799. The standard InChI is InChI=1S/C18H26N2O/c1-4-10-20-11-9-17(13-20)12-19-16(3)14-21-18-7-5-15(2)6-8-18/h5-9,11,13,16,19H,4,10,12,14H2,1-3H3. The van der Waals surface area contributed by atoms with Gasteiger partial charge in [0.2, 0.25) is 0 Å². The van der Waals surface area contributed by atoms with E-state index in [4.69, 9.17) is 4.74 Å². The van der Waals surface area contributed by atoms with Gasteiger partial charge in [-0.25, -0.2) is 0 Å². The highest BCUT2D eigenvalue weighted by atomic mass is 16.5. The van der Waals surface area contributed by atoms with Crippen LogP contribution in [0.2, 0.25) is 0 Å². The Labute approximate surface area is 127 Å². The monoisotopic (exact) mass is 286 g/mol. The Hall–Kier alpha value is -1.74. The van der Waals surface area contributed by atoms with Crippen molar-refractivity contribution in [1.82, 2.24) is 9.88 Å². The fraction of sp³-hybridized carbons (Fsp3) is 0.444. The van der Waals surface area contributed by atoms with Gasteiger partial charge in [-0.3, -0.25) is 0 Å². The average Bonchev–Trinajstić information content (AvgIpc) is 2.93. The van der Waals surface area contributed by atoms with Crippen LogP contribution in [0.5, 0.6) is 5.75 Å². The molecule has 0 bridgehead atoms. The number of hydrogen-bond donors (Lipinski definition) is 1. The maximum Gasteiger partial charge on any atom is 0.119 e. The average molecular weight is 286 g/mol. The Bertz CT molecular complexity index is 530. The number of aryl methyl sites for hydroxylation is 2. The molecule has 0 radical (unpaired) electrons. The van der Waals surface area contributed by atoms with E-state index in [9.17, 15) is 0 Å². The summed E-state index contributed by atoms with van der Waals surface area (Å²) in [6.07, 6.45) is 5.53. The molecule has 2 rings (SSSR count). The van der Waals surface area contributed by atoms with Gasteiger partial charge in [0.05, 0.1) is 0 Å². The van der Waals surface area contributed by atoms with Crippen LogP contribution >= 0.6 is 0 Å². The first-order chi connectivity index (χ1) is 10.2. The number of ether oxygens (including phenoxy) is 1. The lowest BCUT2D eigenvalue weighted by Crippen LogP contribution is -2.31. The Morgan fingerprint density at radius 1 is 1.19 bits per heavy atom. The molecule has 0 saturated heterocycles. The lowest BCUT2D eigenvalue weighted by molar-refractivity contribution is 0.272. The van der Waals surface area contributed by atoms with E-state index in [1.807, 2.05) is 12.1 Å². The van der Waals surface area contributed by atoms with Crippen LogP contribution in [0.1, 0.15) is 31.4 Å². The van der Waals surface area contributed by atoms with Gasteiger partial charge in [0.15, 0.2) is 0 Å². The summed E-state index contributed by atoms with van der Waals surface area (Å²) < 4.78 is 8.03. The fourth-order valence-electron chi connectivity index (χ4n) is 2.20. The molecular weight excluding hydrogens is 260 g/mol. The summed E-state index contributed by atoms with van der Waals surface area (Å²) in [5.74, 6) is 0.934. The third-order valence-electron chi connectivity index (χ3n) is 3.47. The number of rotatable bonds is 8. The Morgan fingerprint density at radius 3 is 2.67 bits per heavy atom. The zero-order valence-electron chi connectivity index (χ0n) is 13.3. The molecule has 3 nitrogen and oxygen atoms in total. The van der Waals surface area contributed by atoms with Crippen molar-refractivity contribution in [2.24, 2.45) is 0 Å². The van der Waals surface area contributed by atoms with Crippen LogP contribution in [0.25, 0.3) is 0 Å². The highest BCUT2D eigenvalue weighted by Crippen LogP contribution is 2.11. The molecule has 0 aliphatic carbocycles. The predicted octanol–water partition coefficient (Wildman–Crippen LogP) is 3.76. The molecule has 0 aliphatic rings. The number of hydrogen-bond acceptors (Lipinski definition) is 2. The highest BCUT2D eigenvalue weighted by molar-refractivity contribution is 5.26. The molecule has 114 valence electrons. The van der Waals surface area contributed by atoms with Crippen LogP contribution in [-0.4, -0.2) is 17.2 Å².